The Labute approximate surface area is 153 Å². The van der Waals surface area contributed by atoms with E-state index >= 15 is 0 Å². The molecule has 0 bridgehead atoms. The molecular formula is C19H16N4O2S. The van der Waals surface area contributed by atoms with Gasteiger partial charge < -0.3 is 9.47 Å². The summed E-state index contributed by atoms with van der Waals surface area (Å²) >= 11 is 1.16. The largest absolute Gasteiger partial charge is 0.337 e. The molecular weight excluding hydrogens is 348 g/mol. The van der Waals surface area contributed by atoms with E-state index in [9.17, 15) is 9.59 Å². The van der Waals surface area contributed by atoms with Crippen LogP contribution in [-0.4, -0.2) is 31.2 Å². The van der Waals surface area contributed by atoms with Crippen LogP contribution in [0.5, 0.6) is 0 Å². The Morgan fingerprint density at radius 2 is 1.88 bits per heavy atom. The lowest BCUT2D eigenvalue weighted by Gasteiger charge is -2.18. The third kappa shape index (κ3) is 2.76. The summed E-state index contributed by atoms with van der Waals surface area (Å²) in [4.78, 5) is 27.0. The molecule has 130 valence electrons. The van der Waals surface area contributed by atoms with Gasteiger partial charge in [-0.3, -0.25) is 9.59 Å². The average molecular weight is 364 g/mol. The van der Waals surface area contributed by atoms with Crippen LogP contribution in [0.1, 0.15) is 15.9 Å². The van der Waals surface area contributed by atoms with Gasteiger partial charge >= 0.3 is 0 Å². The first-order valence-electron chi connectivity index (χ1n) is 8.10. The van der Waals surface area contributed by atoms with Crippen molar-refractivity contribution in [1.82, 2.24) is 18.2 Å². The molecule has 6 nitrogen and oxygen atoms in total. The zero-order valence-corrected chi connectivity index (χ0v) is 15.2. The van der Waals surface area contributed by atoms with Crippen molar-refractivity contribution in [3.05, 3.63) is 70.0 Å². The minimum Gasteiger partial charge on any atom is -0.337 e. The van der Waals surface area contributed by atoms with Crippen LogP contribution in [0.25, 0.3) is 21.9 Å². The fourth-order valence-electron chi connectivity index (χ4n) is 3.05. The molecule has 0 aliphatic carbocycles. The Bertz CT molecular complexity index is 1200. The molecule has 0 aliphatic rings. The minimum atomic E-state index is -0.298. The molecule has 1 amide bonds. The predicted octanol–water partition coefficient (Wildman–Crippen LogP) is 2.82. The molecule has 0 atom stereocenters. The van der Waals surface area contributed by atoms with Gasteiger partial charge in [0.15, 0.2) is 0 Å². The number of aromatic nitrogens is 3. The standard InChI is InChI=1S/C19H16N4O2S/c1-22(11-12-7-8-15-16(9-12)21-26-20-15)18(24)14-10-13-5-3-4-6-17(13)23(2)19(14)25/h3-10H,11H2,1-2H3. The highest BCUT2D eigenvalue weighted by Crippen LogP contribution is 2.17. The maximum atomic E-state index is 12.9. The highest BCUT2D eigenvalue weighted by atomic mass is 32.1. The monoisotopic (exact) mass is 364 g/mol. The number of fused-ring (bicyclic) bond motifs is 2. The van der Waals surface area contributed by atoms with Gasteiger partial charge in [-0.2, -0.15) is 8.75 Å². The molecule has 4 aromatic rings. The van der Waals surface area contributed by atoms with Gasteiger partial charge in [0.25, 0.3) is 11.5 Å². The van der Waals surface area contributed by atoms with Crippen LogP contribution >= 0.6 is 11.7 Å². The van der Waals surface area contributed by atoms with E-state index < -0.39 is 0 Å². The van der Waals surface area contributed by atoms with Gasteiger partial charge in [0.1, 0.15) is 16.6 Å². The first-order valence-corrected chi connectivity index (χ1v) is 8.83. The molecule has 0 unspecified atom stereocenters. The first kappa shape index (κ1) is 16.4. The molecule has 2 heterocycles. The lowest BCUT2D eigenvalue weighted by Crippen LogP contribution is -2.33. The molecule has 2 aromatic heterocycles. The number of amides is 1. The number of aryl methyl sites for hydroxylation is 1. The van der Waals surface area contributed by atoms with Gasteiger partial charge in [-0.25, -0.2) is 0 Å². The quantitative estimate of drug-likeness (QED) is 0.561. The number of hydrogen-bond acceptors (Lipinski definition) is 5. The second-order valence-electron chi connectivity index (χ2n) is 6.23. The van der Waals surface area contributed by atoms with Gasteiger partial charge in [-0.1, -0.05) is 24.3 Å². The van der Waals surface area contributed by atoms with Crippen molar-refractivity contribution in [2.45, 2.75) is 6.54 Å². The molecule has 26 heavy (non-hydrogen) atoms. The predicted molar refractivity (Wildman–Crippen MR) is 102 cm³/mol. The van der Waals surface area contributed by atoms with Crippen LogP contribution in [-0.2, 0) is 13.6 Å². The van der Waals surface area contributed by atoms with Crippen LogP contribution < -0.4 is 5.56 Å². The van der Waals surface area contributed by atoms with E-state index in [2.05, 4.69) is 8.75 Å². The second kappa shape index (κ2) is 6.34. The van der Waals surface area contributed by atoms with Gasteiger partial charge in [0, 0.05) is 20.6 Å². The summed E-state index contributed by atoms with van der Waals surface area (Å²) in [6.07, 6.45) is 0. The Morgan fingerprint density at radius 3 is 2.73 bits per heavy atom. The number of nitrogens with zero attached hydrogens (tertiary/aromatic N) is 4. The van der Waals surface area contributed by atoms with Gasteiger partial charge in [-0.15, -0.1) is 0 Å². The number of para-hydroxylation sites is 1. The number of carbonyl (C=O) groups excluding carboxylic acids is 1. The normalized spacial score (nSPS) is 11.2. The Kier molecular flexibility index (Phi) is 4.00. The summed E-state index contributed by atoms with van der Waals surface area (Å²) in [5.41, 5.74) is 3.28. The van der Waals surface area contributed by atoms with Crippen molar-refractivity contribution in [3.63, 3.8) is 0 Å². The molecule has 0 radical (unpaired) electrons. The van der Waals surface area contributed by atoms with Crippen LogP contribution in [0.2, 0.25) is 0 Å². The van der Waals surface area contributed by atoms with Gasteiger partial charge in [0.05, 0.1) is 17.2 Å². The molecule has 0 fully saturated rings. The SMILES string of the molecule is CN(Cc1ccc2nsnc2c1)C(=O)c1cc2ccccc2n(C)c1=O. The highest BCUT2D eigenvalue weighted by molar-refractivity contribution is 7.00. The lowest BCUT2D eigenvalue weighted by molar-refractivity contribution is 0.0783. The summed E-state index contributed by atoms with van der Waals surface area (Å²) in [5, 5.41) is 0.862. The summed E-state index contributed by atoms with van der Waals surface area (Å²) < 4.78 is 9.92. The topological polar surface area (TPSA) is 68.1 Å². The Hall–Kier alpha value is -3.06. The number of pyridine rings is 1. The molecule has 0 saturated heterocycles. The maximum absolute atomic E-state index is 12.9. The smallest absolute Gasteiger partial charge is 0.263 e. The molecule has 0 aliphatic heterocycles. The first-order chi connectivity index (χ1) is 12.5. The zero-order valence-electron chi connectivity index (χ0n) is 14.3. The third-order valence-corrected chi connectivity index (χ3v) is 5.00. The van der Waals surface area contributed by atoms with E-state index in [-0.39, 0.29) is 17.0 Å². The third-order valence-electron chi connectivity index (χ3n) is 4.45. The van der Waals surface area contributed by atoms with Crippen LogP contribution in [0.4, 0.5) is 0 Å². The zero-order chi connectivity index (χ0) is 18.3. The molecule has 2 aromatic carbocycles. The van der Waals surface area contributed by atoms with E-state index in [1.807, 2.05) is 42.5 Å². The van der Waals surface area contributed by atoms with Crippen molar-refractivity contribution in [2.24, 2.45) is 7.05 Å². The fourth-order valence-corrected chi connectivity index (χ4v) is 3.57. The Balaban J connectivity index is 1.67. The van der Waals surface area contributed by atoms with E-state index in [0.29, 0.717) is 6.54 Å². The van der Waals surface area contributed by atoms with Crippen LogP contribution in [0.3, 0.4) is 0 Å². The summed E-state index contributed by atoms with van der Waals surface area (Å²) in [7, 11) is 3.38. The van der Waals surface area contributed by atoms with Crippen molar-refractivity contribution in [2.75, 3.05) is 7.05 Å². The molecule has 4 rings (SSSR count). The number of carbonyl (C=O) groups is 1. The molecule has 0 spiro atoms. The van der Waals surface area contributed by atoms with Crippen molar-refractivity contribution >= 4 is 39.6 Å². The van der Waals surface area contributed by atoms with Gasteiger partial charge in [-0.05, 0) is 35.2 Å². The fraction of sp³-hybridized carbons (Fsp3) is 0.158. The van der Waals surface area contributed by atoms with E-state index in [4.69, 9.17) is 0 Å². The van der Waals surface area contributed by atoms with Crippen LogP contribution in [0.15, 0.2) is 53.3 Å². The van der Waals surface area contributed by atoms with E-state index in [1.165, 1.54) is 4.57 Å². The number of rotatable bonds is 3. The summed E-state index contributed by atoms with van der Waals surface area (Å²) in [6, 6.07) is 14.9. The number of benzene rings is 2. The lowest BCUT2D eigenvalue weighted by atomic mass is 10.1. The van der Waals surface area contributed by atoms with Crippen molar-refractivity contribution < 1.29 is 4.79 Å². The second-order valence-corrected chi connectivity index (χ2v) is 6.76. The highest BCUT2D eigenvalue weighted by Gasteiger charge is 2.18. The van der Waals surface area contributed by atoms with Gasteiger partial charge in [0.2, 0.25) is 0 Å². The maximum Gasteiger partial charge on any atom is 0.263 e. The molecule has 0 saturated carbocycles. The average Bonchev–Trinajstić information content (AvgIpc) is 3.12. The molecule has 7 heteroatoms. The van der Waals surface area contributed by atoms with E-state index in [1.54, 1.807) is 25.1 Å². The van der Waals surface area contributed by atoms with Crippen molar-refractivity contribution in [1.29, 1.82) is 0 Å². The summed E-state index contributed by atoms with van der Waals surface area (Å²) in [5.74, 6) is -0.298. The Morgan fingerprint density at radius 1 is 1.12 bits per heavy atom. The minimum absolute atomic E-state index is 0.171. The molecule has 0 N–H and O–H groups in total. The van der Waals surface area contributed by atoms with Crippen LogP contribution in [0, 0.1) is 0 Å². The number of hydrogen-bond donors (Lipinski definition) is 0. The summed E-state index contributed by atoms with van der Waals surface area (Å²) in [6.45, 7) is 0.391. The van der Waals surface area contributed by atoms with Crippen molar-refractivity contribution in [3.8, 4) is 0 Å². The van der Waals surface area contributed by atoms with E-state index in [0.717, 1.165) is 39.2 Å².